The number of ketones is 1. The first-order valence-corrected chi connectivity index (χ1v) is 11.5. The number of benzene rings is 1. The van der Waals surface area contributed by atoms with E-state index in [1.165, 1.54) is 11.3 Å². The van der Waals surface area contributed by atoms with Gasteiger partial charge in [-0.3, -0.25) is 24.3 Å². The first-order chi connectivity index (χ1) is 15.9. The molecule has 0 aliphatic carbocycles. The second kappa shape index (κ2) is 10.0. The summed E-state index contributed by atoms with van der Waals surface area (Å²) >= 11 is 1.30. The lowest BCUT2D eigenvalue weighted by atomic mass is 10.0. The molecule has 1 aromatic carbocycles. The lowest BCUT2D eigenvalue weighted by molar-refractivity contribution is -0.130. The third-order valence-corrected chi connectivity index (χ3v) is 6.78. The number of aromatic nitrogens is 2. The van der Waals surface area contributed by atoms with Crippen molar-refractivity contribution in [2.45, 2.75) is 19.9 Å². The number of amides is 2. The van der Waals surface area contributed by atoms with Crippen LogP contribution in [0.4, 0.5) is 0 Å². The van der Waals surface area contributed by atoms with Crippen molar-refractivity contribution < 1.29 is 14.4 Å². The number of carbonyl (C=O) groups excluding carboxylic acids is 3. The van der Waals surface area contributed by atoms with E-state index in [0.717, 1.165) is 43.9 Å². The average molecular weight is 464 g/mol. The van der Waals surface area contributed by atoms with E-state index in [9.17, 15) is 14.4 Å². The molecule has 2 aromatic heterocycles. The Kier molecular flexibility index (Phi) is 6.90. The number of nitrogens with zero attached hydrogens (tertiary/aromatic N) is 4. The Balaban J connectivity index is 1.41. The van der Waals surface area contributed by atoms with Crippen LogP contribution >= 0.6 is 11.3 Å². The maximum absolute atomic E-state index is 12.9. The second-order valence-electron chi connectivity index (χ2n) is 7.97. The van der Waals surface area contributed by atoms with E-state index in [1.54, 1.807) is 31.5 Å². The third kappa shape index (κ3) is 5.50. The number of thiazole rings is 1. The van der Waals surface area contributed by atoms with Crippen molar-refractivity contribution in [1.29, 1.82) is 0 Å². The number of nitrogens with two attached hydrogens (primary N) is 1. The van der Waals surface area contributed by atoms with Crippen molar-refractivity contribution in [3.05, 3.63) is 70.5 Å². The Morgan fingerprint density at radius 3 is 2.27 bits per heavy atom. The molecular weight excluding hydrogens is 438 g/mol. The normalized spacial score (nSPS) is 14.3. The van der Waals surface area contributed by atoms with Crippen LogP contribution in [0.2, 0.25) is 0 Å². The summed E-state index contributed by atoms with van der Waals surface area (Å²) in [4.78, 5) is 49.3. The summed E-state index contributed by atoms with van der Waals surface area (Å²) in [5.41, 5.74) is 8.16. The van der Waals surface area contributed by atoms with Gasteiger partial charge in [0.05, 0.1) is 0 Å². The van der Waals surface area contributed by atoms with Crippen LogP contribution in [-0.4, -0.2) is 63.5 Å². The van der Waals surface area contributed by atoms with Crippen LogP contribution in [0.15, 0.2) is 48.8 Å². The largest absolute Gasteiger partial charge is 0.364 e. The van der Waals surface area contributed by atoms with Crippen LogP contribution in [0.1, 0.15) is 38.2 Å². The molecular formula is C24H25N5O3S. The van der Waals surface area contributed by atoms with Crippen LogP contribution in [0.25, 0.3) is 10.6 Å². The van der Waals surface area contributed by atoms with Gasteiger partial charge in [0.25, 0.3) is 5.91 Å². The number of rotatable bonds is 7. The molecule has 170 valence electrons. The van der Waals surface area contributed by atoms with Gasteiger partial charge < -0.3 is 10.6 Å². The fourth-order valence-corrected chi connectivity index (χ4v) is 4.88. The maximum Gasteiger partial charge on any atom is 0.268 e. The van der Waals surface area contributed by atoms with Crippen LogP contribution in [0.3, 0.4) is 0 Å². The van der Waals surface area contributed by atoms with Gasteiger partial charge in [-0.1, -0.05) is 24.3 Å². The van der Waals surface area contributed by atoms with Crippen LogP contribution < -0.4 is 5.73 Å². The second-order valence-corrected chi connectivity index (χ2v) is 9.05. The molecule has 9 heteroatoms. The molecule has 3 aromatic rings. The fourth-order valence-electron chi connectivity index (χ4n) is 3.81. The molecule has 2 amide bonds. The monoisotopic (exact) mass is 463 g/mol. The lowest BCUT2D eigenvalue weighted by Gasteiger charge is -2.34. The lowest BCUT2D eigenvalue weighted by Crippen LogP contribution is -2.47. The fraction of sp³-hybridized carbons (Fsp3) is 0.292. The molecule has 0 radical (unpaired) electrons. The quantitative estimate of drug-likeness (QED) is 0.539. The summed E-state index contributed by atoms with van der Waals surface area (Å²) in [5, 5.41) is 0.634. The topological polar surface area (TPSA) is 109 Å². The third-order valence-electron chi connectivity index (χ3n) is 5.68. The Labute approximate surface area is 196 Å². The molecule has 1 aliphatic heterocycles. The van der Waals surface area contributed by atoms with Gasteiger partial charge in [0, 0.05) is 74.5 Å². The highest BCUT2D eigenvalue weighted by molar-refractivity contribution is 7.15. The molecule has 0 saturated carbocycles. The molecule has 0 bridgehead atoms. The highest BCUT2D eigenvalue weighted by Crippen LogP contribution is 2.29. The van der Waals surface area contributed by atoms with Crippen molar-refractivity contribution in [3.63, 3.8) is 0 Å². The van der Waals surface area contributed by atoms with Gasteiger partial charge in [-0.25, -0.2) is 4.98 Å². The van der Waals surface area contributed by atoms with Gasteiger partial charge in [0.1, 0.15) is 10.7 Å². The predicted octanol–water partition coefficient (Wildman–Crippen LogP) is 2.39. The molecule has 0 unspecified atom stereocenters. The van der Waals surface area contributed by atoms with E-state index in [4.69, 9.17) is 5.73 Å². The minimum Gasteiger partial charge on any atom is -0.364 e. The molecule has 3 heterocycles. The summed E-state index contributed by atoms with van der Waals surface area (Å²) in [7, 11) is 0. The van der Waals surface area contributed by atoms with Gasteiger partial charge in [0.15, 0.2) is 5.78 Å². The minimum atomic E-state index is -0.644. The molecule has 1 saturated heterocycles. The van der Waals surface area contributed by atoms with Crippen molar-refractivity contribution in [3.8, 4) is 10.6 Å². The first kappa shape index (κ1) is 22.8. The highest BCUT2D eigenvalue weighted by atomic mass is 32.1. The van der Waals surface area contributed by atoms with Gasteiger partial charge in [0.2, 0.25) is 5.91 Å². The van der Waals surface area contributed by atoms with Crippen molar-refractivity contribution in [2.75, 3.05) is 26.2 Å². The van der Waals surface area contributed by atoms with Crippen molar-refractivity contribution >= 4 is 28.9 Å². The summed E-state index contributed by atoms with van der Waals surface area (Å²) in [6, 6.07) is 11.1. The Bertz CT molecular complexity index is 1150. The van der Waals surface area contributed by atoms with Crippen molar-refractivity contribution in [1.82, 2.24) is 19.8 Å². The number of Topliss-reactive ketones (excluding diaryl/α,β-unsaturated/α-hetero) is 1. The summed E-state index contributed by atoms with van der Waals surface area (Å²) in [6.07, 6.45) is 3.36. The van der Waals surface area contributed by atoms with E-state index < -0.39 is 5.91 Å². The van der Waals surface area contributed by atoms with Crippen molar-refractivity contribution in [2.24, 2.45) is 5.73 Å². The zero-order chi connectivity index (χ0) is 23.4. The van der Waals surface area contributed by atoms with Gasteiger partial charge >= 0.3 is 0 Å². The highest BCUT2D eigenvalue weighted by Gasteiger charge is 2.21. The van der Waals surface area contributed by atoms with Gasteiger partial charge in [-0.05, 0) is 17.7 Å². The smallest absolute Gasteiger partial charge is 0.268 e. The standard InChI is InChI=1S/C24H25N5O3S/c1-16(30)29-12-10-28(11-13-29)15-17-2-4-18(5-3-17)20(31)14-21-22(23(25)32)27-24(33-21)19-6-8-26-9-7-19/h2-9H,10-15H2,1H3,(H2,25,32). The first-order valence-electron chi connectivity index (χ1n) is 10.7. The van der Waals surface area contributed by atoms with E-state index >= 15 is 0 Å². The van der Waals surface area contributed by atoms with E-state index in [2.05, 4.69) is 14.9 Å². The molecule has 0 spiro atoms. The summed E-state index contributed by atoms with van der Waals surface area (Å²) < 4.78 is 0. The van der Waals surface area contributed by atoms with E-state index in [0.29, 0.717) is 15.4 Å². The van der Waals surface area contributed by atoms with E-state index in [-0.39, 0.29) is 23.8 Å². The number of carbonyl (C=O) groups is 3. The Hall–Kier alpha value is -3.43. The minimum absolute atomic E-state index is 0.0629. The average Bonchev–Trinajstić information content (AvgIpc) is 3.24. The van der Waals surface area contributed by atoms with Crippen LogP contribution in [0.5, 0.6) is 0 Å². The zero-order valence-corrected chi connectivity index (χ0v) is 19.2. The number of primary amides is 1. The summed E-state index contributed by atoms with van der Waals surface area (Å²) in [5.74, 6) is -0.621. The van der Waals surface area contributed by atoms with Gasteiger partial charge in [-0.2, -0.15) is 0 Å². The maximum atomic E-state index is 12.9. The molecule has 2 N–H and O–H groups in total. The molecule has 4 rings (SSSR count). The summed E-state index contributed by atoms with van der Waals surface area (Å²) in [6.45, 7) is 5.53. The molecule has 33 heavy (non-hydrogen) atoms. The SMILES string of the molecule is CC(=O)N1CCN(Cc2ccc(C(=O)Cc3sc(-c4ccncc4)nc3C(N)=O)cc2)CC1. The van der Waals surface area contributed by atoms with Gasteiger partial charge in [-0.15, -0.1) is 11.3 Å². The Morgan fingerprint density at radius 2 is 1.67 bits per heavy atom. The number of pyridine rings is 1. The van der Waals surface area contributed by atoms with Crippen LogP contribution in [0, 0.1) is 0 Å². The molecule has 1 fully saturated rings. The zero-order valence-electron chi connectivity index (χ0n) is 18.4. The number of hydrogen-bond acceptors (Lipinski definition) is 7. The Morgan fingerprint density at radius 1 is 1.00 bits per heavy atom. The molecule has 1 aliphatic rings. The number of hydrogen-bond donors (Lipinski definition) is 1. The van der Waals surface area contributed by atoms with Crippen LogP contribution in [-0.2, 0) is 17.8 Å². The molecule has 0 atom stereocenters. The van der Waals surface area contributed by atoms with E-state index in [1.807, 2.05) is 29.2 Å². The predicted molar refractivity (Wildman–Crippen MR) is 126 cm³/mol. The molecule has 8 nitrogen and oxygen atoms in total. The number of piperazine rings is 1.